The molecular formula is C16H24N2O2. The Morgan fingerprint density at radius 2 is 1.70 bits per heavy atom. The first-order chi connectivity index (χ1) is 9.70. The van der Waals surface area contributed by atoms with Crippen molar-refractivity contribution >= 4 is 5.78 Å². The van der Waals surface area contributed by atoms with Gasteiger partial charge in [-0.25, -0.2) is 0 Å². The molecule has 1 aliphatic rings. The number of hydrogen-bond acceptors (Lipinski definition) is 4. The normalized spacial score (nSPS) is 17.3. The third kappa shape index (κ3) is 4.13. The Kier molecular flexibility index (Phi) is 5.71. The third-order valence-corrected chi connectivity index (χ3v) is 3.98. The van der Waals surface area contributed by atoms with E-state index in [2.05, 4.69) is 9.80 Å². The van der Waals surface area contributed by atoms with Gasteiger partial charge in [-0.05, 0) is 12.5 Å². The molecule has 0 bridgehead atoms. The van der Waals surface area contributed by atoms with Crippen LogP contribution in [0.3, 0.4) is 0 Å². The van der Waals surface area contributed by atoms with E-state index in [1.54, 1.807) is 0 Å². The molecule has 110 valence electrons. The molecule has 1 aromatic carbocycles. The van der Waals surface area contributed by atoms with E-state index in [9.17, 15) is 4.79 Å². The largest absolute Gasteiger partial charge is 0.395 e. The second-order valence-corrected chi connectivity index (χ2v) is 5.39. The highest BCUT2D eigenvalue weighted by Gasteiger charge is 2.17. The van der Waals surface area contributed by atoms with Gasteiger partial charge in [0, 0.05) is 51.3 Å². The van der Waals surface area contributed by atoms with Crippen molar-refractivity contribution in [3.63, 3.8) is 0 Å². The van der Waals surface area contributed by atoms with Gasteiger partial charge >= 0.3 is 0 Å². The lowest BCUT2D eigenvalue weighted by atomic mass is 10.0. The fourth-order valence-corrected chi connectivity index (χ4v) is 2.66. The predicted molar refractivity (Wildman–Crippen MR) is 80.1 cm³/mol. The third-order valence-electron chi connectivity index (χ3n) is 3.98. The number of carbonyl (C=O) groups excluding carboxylic acids is 1. The number of aryl methyl sites for hydroxylation is 1. The molecule has 0 saturated carbocycles. The number of nitrogens with zero attached hydrogens (tertiary/aromatic N) is 2. The first-order valence-corrected chi connectivity index (χ1v) is 7.35. The number of Topliss-reactive ketones (excluding diaryl/α,β-unsaturated/α-hetero) is 1. The lowest BCUT2D eigenvalue weighted by Crippen LogP contribution is -2.47. The Bertz CT molecular complexity index is 440. The van der Waals surface area contributed by atoms with E-state index in [0.29, 0.717) is 6.42 Å². The van der Waals surface area contributed by atoms with Crippen LogP contribution < -0.4 is 0 Å². The van der Waals surface area contributed by atoms with Crippen LogP contribution in [0.25, 0.3) is 0 Å². The lowest BCUT2D eigenvalue weighted by Gasteiger charge is -2.34. The monoisotopic (exact) mass is 276 g/mol. The van der Waals surface area contributed by atoms with E-state index in [0.717, 1.165) is 50.4 Å². The van der Waals surface area contributed by atoms with Crippen LogP contribution >= 0.6 is 0 Å². The van der Waals surface area contributed by atoms with E-state index >= 15 is 0 Å². The van der Waals surface area contributed by atoms with Gasteiger partial charge in [0.15, 0.2) is 5.78 Å². The van der Waals surface area contributed by atoms with Gasteiger partial charge in [-0.2, -0.15) is 0 Å². The van der Waals surface area contributed by atoms with Crippen molar-refractivity contribution in [1.29, 1.82) is 0 Å². The quantitative estimate of drug-likeness (QED) is 0.792. The maximum absolute atomic E-state index is 12.2. The molecule has 1 heterocycles. The van der Waals surface area contributed by atoms with Crippen LogP contribution in [-0.2, 0) is 0 Å². The van der Waals surface area contributed by atoms with Crippen molar-refractivity contribution in [2.24, 2.45) is 0 Å². The number of aliphatic hydroxyl groups is 1. The molecule has 4 heteroatoms. The summed E-state index contributed by atoms with van der Waals surface area (Å²) in [4.78, 5) is 16.8. The van der Waals surface area contributed by atoms with E-state index in [-0.39, 0.29) is 12.4 Å². The summed E-state index contributed by atoms with van der Waals surface area (Å²) in [6.45, 7) is 7.75. The minimum absolute atomic E-state index is 0.228. The van der Waals surface area contributed by atoms with Crippen LogP contribution in [-0.4, -0.2) is 66.6 Å². The molecule has 1 N–H and O–H groups in total. The van der Waals surface area contributed by atoms with E-state index in [1.165, 1.54) is 0 Å². The molecule has 0 amide bonds. The zero-order chi connectivity index (χ0) is 14.4. The number of aliphatic hydroxyl groups excluding tert-OH is 1. The highest BCUT2D eigenvalue weighted by Crippen LogP contribution is 2.11. The molecule has 1 aromatic rings. The van der Waals surface area contributed by atoms with Crippen LogP contribution in [0.2, 0.25) is 0 Å². The molecule has 0 atom stereocenters. The summed E-state index contributed by atoms with van der Waals surface area (Å²) in [5, 5.41) is 8.91. The number of ketones is 1. The van der Waals surface area contributed by atoms with Crippen molar-refractivity contribution in [1.82, 2.24) is 9.80 Å². The van der Waals surface area contributed by atoms with E-state index < -0.39 is 0 Å². The average molecular weight is 276 g/mol. The van der Waals surface area contributed by atoms with Crippen LogP contribution in [0.4, 0.5) is 0 Å². The summed E-state index contributed by atoms with van der Waals surface area (Å²) in [6, 6.07) is 7.79. The van der Waals surface area contributed by atoms with Gasteiger partial charge in [0.1, 0.15) is 0 Å². The Balaban J connectivity index is 1.76. The zero-order valence-electron chi connectivity index (χ0n) is 12.2. The minimum atomic E-state index is 0.228. The van der Waals surface area contributed by atoms with Crippen LogP contribution in [0.5, 0.6) is 0 Å². The fraction of sp³-hybridized carbons (Fsp3) is 0.562. The number of β-amino-alcohol motifs (C(OH)–C–C–N with tert-alkyl or cyclic N) is 1. The standard InChI is InChI=1S/C16H24N2O2/c1-14-4-2-3-5-15(14)16(20)6-7-17-8-10-18(11-9-17)12-13-19/h2-5,19H,6-13H2,1H3. The van der Waals surface area contributed by atoms with Crippen LogP contribution in [0, 0.1) is 6.92 Å². The van der Waals surface area contributed by atoms with Gasteiger partial charge in [-0.15, -0.1) is 0 Å². The summed E-state index contributed by atoms with van der Waals surface area (Å²) in [5.41, 5.74) is 1.91. The smallest absolute Gasteiger partial charge is 0.164 e. The lowest BCUT2D eigenvalue weighted by molar-refractivity contribution is 0.0906. The van der Waals surface area contributed by atoms with Crippen LogP contribution in [0.1, 0.15) is 22.3 Å². The minimum Gasteiger partial charge on any atom is -0.395 e. The number of carbonyl (C=O) groups is 1. The number of piperazine rings is 1. The maximum atomic E-state index is 12.2. The molecule has 0 unspecified atom stereocenters. The molecule has 0 radical (unpaired) electrons. The number of benzene rings is 1. The molecule has 1 fully saturated rings. The van der Waals surface area contributed by atoms with Gasteiger partial charge in [0.05, 0.1) is 6.61 Å². The van der Waals surface area contributed by atoms with E-state index in [1.807, 2.05) is 31.2 Å². The van der Waals surface area contributed by atoms with Gasteiger partial charge in [0.2, 0.25) is 0 Å². The number of hydrogen-bond donors (Lipinski definition) is 1. The SMILES string of the molecule is Cc1ccccc1C(=O)CCN1CCN(CCO)CC1. The topological polar surface area (TPSA) is 43.8 Å². The summed E-state index contributed by atoms with van der Waals surface area (Å²) < 4.78 is 0. The highest BCUT2D eigenvalue weighted by molar-refractivity contribution is 5.97. The number of rotatable bonds is 6. The van der Waals surface area contributed by atoms with Gasteiger partial charge in [0.25, 0.3) is 0 Å². The summed E-state index contributed by atoms with van der Waals surface area (Å²) in [6.07, 6.45) is 0.588. The van der Waals surface area contributed by atoms with Crippen LogP contribution in [0.15, 0.2) is 24.3 Å². The van der Waals surface area contributed by atoms with Crippen molar-refractivity contribution in [3.05, 3.63) is 35.4 Å². The molecule has 4 nitrogen and oxygen atoms in total. The average Bonchev–Trinajstić information content (AvgIpc) is 2.47. The molecule has 0 spiro atoms. The molecule has 1 aliphatic heterocycles. The molecular weight excluding hydrogens is 252 g/mol. The van der Waals surface area contributed by atoms with Crippen molar-refractivity contribution in [2.75, 3.05) is 45.9 Å². The Labute approximate surface area is 121 Å². The van der Waals surface area contributed by atoms with Crippen molar-refractivity contribution in [2.45, 2.75) is 13.3 Å². The fourth-order valence-electron chi connectivity index (χ4n) is 2.66. The summed E-state index contributed by atoms with van der Waals surface area (Å²) in [5.74, 6) is 0.237. The molecule has 0 aliphatic carbocycles. The maximum Gasteiger partial charge on any atom is 0.164 e. The summed E-state index contributed by atoms with van der Waals surface area (Å²) >= 11 is 0. The zero-order valence-corrected chi connectivity index (χ0v) is 12.2. The molecule has 2 rings (SSSR count). The molecule has 1 saturated heterocycles. The first kappa shape index (κ1) is 15.2. The second kappa shape index (κ2) is 7.53. The first-order valence-electron chi connectivity index (χ1n) is 7.35. The van der Waals surface area contributed by atoms with Gasteiger partial charge < -0.3 is 10.0 Å². The predicted octanol–water partition coefficient (Wildman–Crippen LogP) is 1.18. The van der Waals surface area contributed by atoms with Gasteiger partial charge in [-0.3, -0.25) is 9.69 Å². The van der Waals surface area contributed by atoms with Crippen molar-refractivity contribution < 1.29 is 9.90 Å². The molecule has 20 heavy (non-hydrogen) atoms. The van der Waals surface area contributed by atoms with Crippen molar-refractivity contribution in [3.8, 4) is 0 Å². The Hall–Kier alpha value is -1.23. The second-order valence-electron chi connectivity index (χ2n) is 5.39. The highest BCUT2D eigenvalue weighted by atomic mass is 16.3. The van der Waals surface area contributed by atoms with E-state index in [4.69, 9.17) is 5.11 Å². The Morgan fingerprint density at radius 1 is 1.10 bits per heavy atom. The molecule has 0 aromatic heterocycles. The summed E-state index contributed by atoms with van der Waals surface area (Å²) in [7, 11) is 0. The Morgan fingerprint density at radius 3 is 2.30 bits per heavy atom. The van der Waals surface area contributed by atoms with Gasteiger partial charge in [-0.1, -0.05) is 24.3 Å².